The lowest BCUT2D eigenvalue weighted by Crippen LogP contribution is -2.25. The predicted molar refractivity (Wildman–Crippen MR) is 101 cm³/mol. The summed E-state index contributed by atoms with van der Waals surface area (Å²) in [6.07, 6.45) is 4.42. The van der Waals surface area contributed by atoms with Crippen LogP contribution in [-0.4, -0.2) is 10.1 Å². The van der Waals surface area contributed by atoms with Gasteiger partial charge in [0.15, 0.2) is 0 Å². The van der Waals surface area contributed by atoms with E-state index in [2.05, 4.69) is 13.2 Å². The molecule has 0 unspecified atom stereocenters. The Hall–Kier alpha value is -2.71. The molecular weight excluding hydrogens is 294 g/mol. The van der Waals surface area contributed by atoms with Crippen LogP contribution in [0.15, 0.2) is 86.0 Å². The van der Waals surface area contributed by atoms with Crippen LogP contribution in [0.1, 0.15) is 18.4 Å². The van der Waals surface area contributed by atoms with E-state index in [1.54, 1.807) is 12.2 Å². The Kier molecular flexibility index (Phi) is 4.59. The van der Waals surface area contributed by atoms with Gasteiger partial charge in [0.1, 0.15) is 0 Å². The number of rotatable bonds is 6. The molecule has 1 N–H and O–H groups in total. The van der Waals surface area contributed by atoms with Gasteiger partial charge in [-0.15, -0.1) is 13.2 Å². The summed E-state index contributed by atoms with van der Waals surface area (Å²) in [7, 11) is 0. The van der Waals surface area contributed by atoms with E-state index >= 15 is 0 Å². The molecule has 0 aliphatic carbocycles. The van der Waals surface area contributed by atoms with E-state index in [0.29, 0.717) is 12.8 Å². The maximum absolute atomic E-state index is 11.3. The fourth-order valence-electron chi connectivity index (χ4n) is 3.10. The van der Waals surface area contributed by atoms with E-state index in [9.17, 15) is 5.11 Å². The molecule has 0 atom stereocenters. The summed E-state index contributed by atoms with van der Waals surface area (Å²) in [5, 5.41) is 12.2. The third-order valence-corrected chi connectivity index (χ3v) is 4.25. The van der Waals surface area contributed by atoms with Crippen molar-refractivity contribution < 1.29 is 5.11 Å². The molecule has 0 saturated heterocycles. The van der Waals surface area contributed by atoms with Gasteiger partial charge in [-0.1, -0.05) is 60.7 Å². The molecule has 0 aliphatic rings. The molecule has 3 rings (SSSR count). The second-order valence-corrected chi connectivity index (χ2v) is 5.96. The second kappa shape index (κ2) is 6.81. The van der Waals surface area contributed by atoms with E-state index in [1.165, 1.54) is 0 Å². The lowest BCUT2D eigenvalue weighted by molar-refractivity contribution is 0.0445. The number of pyridine rings is 1. The number of nitrogens with zero attached hydrogens (tertiary/aromatic N) is 1. The first-order valence-corrected chi connectivity index (χ1v) is 8.08. The normalized spacial score (nSPS) is 11.4. The number of aliphatic hydroxyl groups is 1. The highest BCUT2D eigenvalue weighted by atomic mass is 16.3. The number of fused-ring (bicyclic) bond motifs is 1. The summed E-state index contributed by atoms with van der Waals surface area (Å²) in [4.78, 5) is 4.78. The average molecular weight is 315 g/mol. The Labute approximate surface area is 142 Å². The van der Waals surface area contributed by atoms with Crippen molar-refractivity contribution in [3.8, 4) is 11.3 Å². The van der Waals surface area contributed by atoms with Gasteiger partial charge in [-0.3, -0.25) is 0 Å². The maximum atomic E-state index is 11.3. The summed E-state index contributed by atoms with van der Waals surface area (Å²) < 4.78 is 0. The van der Waals surface area contributed by atoms with Crippen molar-refractivity contribution in [3.05, 3.63) is 91.5 Å². The first-order chi connectivity index (χ1) is 11.7. The van der Waals surface area contributed by atoms with Crippen molar-refractivity contribution in [2.24, 2.45) is 0 Å². The SMILES string of the molecule is C=CCC(O)(CC=C)c1cc(-c2ccccc2)nc2ccccc12. The Morgan fingerprint density at radius 2 is 1.54 bits per heavy atom. The highest BCUT2D eigenvalue weighted by Gasteiger charge is 2.29. The fraction of sp³-hybridized carbons (Fsp3) is 0.136. The van der Waals surface area contributed by atoms with E-state index in [0.717, 1.165) is 27.7 Å². The minimum atomic E-state index is -1.03. The molecule has 0 spiro atoms. The van der Waals surface area contributed by atoms with Crippen molar-refractivity contribution in [1.29, 1.82) is 0 Å². The number of para-hydroxylation sites is 1. The van der Waals surface area contributed by atoms with Gasteiger partial charge in [0.05, 0.1) is 16.8 Å². The van der Waals surface area contributed by atoms with Crippen molar-refractivity contribution in [3.63, 3.8) is 0 Å². The number of benzene rings is 2. The molecule has 2 nitrogen and oxygen atoms in total. The van der Waals surface area contributed by atoms with Gasteiger partial charge in [-0.2, -0.15) is 0 Å². The van der Waals surface area contributed by atoms with Gasteiger partial charge in [0, 0.05) is 10.9 Å². The third kappa shape index (κ3) is 3.01. The molecule has 0 bridgehead atoms. The Bertz CT molecular complexity index is 858. The largest absolute Gasteiger partial charge is 0.384 e. The molecule has 120 valence electrons. The zero-order valence-corrected chi connectivity index (χ0v) is 13.7. The zero-order valence-electron chi connectivity index (χ0n) is 13.7. The van der Waals surface area contributed by atoms with Crippen LogP contribution < -0.4 is 0 Å². The van der Waals surface area contributed by atoms with Gasteiger partial charge < -0.3 is 5.11 Å². The highest BCUT2D eigenvalue weighted by Crippen LogP contribution is 2.36. The monoisotopic (exact) mass is 315 g/mol. The molecule has 2 heteroatoms. The van der Waals surface area contributed by atoms with Crippen molar-refractivity contribution >= 4 is 10.9 Å². The van der Waals surface area contributed by atoms with Crippen LogP contribution in [0.3, 0.4) is 0 Å². The van der Waals surface area contributed by atoms with Crippen LogP contribution in [0, 0.1) is 0 Å². The molecule has 1 aromatic heterocycles. The van der Waals surface area contributed by atoms with E-state index in [1.807, 2.05) is 60.7 Å². The zero-order chi connectivity index (χ0) is 17.0. The summed E-state index contributed by atoms with van der Waals surface area (Å²) >= 11 is 0. The second-order valence-electron chi connectivity index (χ2n) is 5.96. The molecule has 0 saturated carbocycles. The van der Waals surface area contributed by atoms with Gasteiger partial charge in [0.2, 0.25) is 0 Å². The highest BCUT2D eigenvalue weighted by molar-refractivity contribution is 5.86. The molecule has 3 aromatic rings. The lowest BCUT2D eigenvalue weighted by atomic mass is 9.84. The smallest absolute Gasteiger partial charge is 0.0972 e. The summed E-state index contributed by atoms with van der Waals surface area (Å²) in [6.45, 7) is 7.61. The van der Waals surface area contributed by atoms with Crippen LogP contribution in [0.2, 0.25) is 0 Å². The van der Waals surface area contributed by atoms with Crippen LogP contribution in [0.4, 0.5) is 0 Å². The van der Waals surface area contributed by atoms with Gasteiger partial charge in [0.25, 0.3) is 0 Å². The van der Waals surface area contributed by atoms with Crippen molar-refractivity contribution in [2.45, 2.75) is 18.4 Å². The fourth-order valence-corrected chi connectivity index (χ4v) is 3.10. The van der Waals surface area contributed by atoms with Crippen LogP contribution in [0.5, 0.6) is 0 Å². The Balaban J connectivity index is 2.28. The molecule has 1 heterocycles. The van der Waals surface area contributed by atoms with Crippen LogP contribution in [-0.2, 0) is 5.60 Å². The van der Waals surface area contributed by atoms with Crippen molar-refractivity contribution in [1.82, 2.24) is 4.98 Å². The summed E-state index contributed by atoms with van der Waals surface area (Å²) in [5.74, 6) is 0. The average Bonchev–Trinajstić information content (AvgIpc) is 2.62. The molecule has 0 fully saturated rings. The van der Waals surface area contributed by atoms with Crippen molar-refractivity contribution in [2.75, 3.05) is 0 Å². The van der Waals surface area contributed by atoms with Crippen LogP contribution in [0.25, 0.3) is 22.2 Å². The maximum Gasteiger partial charge on any atom is 0.0972 e. The quantitative estimate of drug-likeness (QED) is 0.631. The van der Waals surface area contributed by atoms with E-state index in [-0.39, 0.29) is 0 Å². The minimum absolute atomic E-state index is 0.460. The molecular formula is C22H21NO. The first kappa shape index (κ1) is 16.2. The molecule has 0 aliphatic heterocycles. The van der Waals surface area contributed by atoms with E-state index in [4.69, 9.17) is 4.98 Å². The lowest BCUT2D eigenvalue weighted by Gasteiger charge is -2.28. The third-order valence-electron chi connectivity index (χ3n) is 4.25. The minimum Gasteiger partial charge on any atom is -0.384 e. The standard InChI is InChI=1S/C22H21NO/c1-3-14-22(24,15-4-2)19-16-21(17-10-6-5-7-11-17)23-20-13-9-8-12-18(19)20/h3-13,16,24H,1-2,14-15H2. The molecule has 2 aromatic carbocycles. The number of aromatic nitrogens is 1. The van der Waals surface area contributed by atoms with E-state index < -0.39 is 5.60 Å². The van der Waals surface area contributed by atoms with Gasteiger partial charge in [-0.25, -0.2) is 4.98 Å². The Morgan fingerprint density at radius 1 is 0.917 bits per heavy atom. The number of hydrogen-bond donors (Lipinski definition) is 1. The van der Waals surface area contributed by atoms with Gasteiger partial charge >= 0.3 is 0 Å². The predicted octanol–water partition coefficient (Wildman–Crippen LogP) is 5.24. The van der Waals surface area contributed by atoms with Crippen LogP contribution >= 0.6 is 0 Å². The number of hydrogen-bond acceptors (Lipinski definition) is 2. The first-order valence-electron chi connectivity index (χ1n) is 8.08. The Morgan fingerprint density at radius 3 is 2.21 bits per heavy atom. The van der Waals surface area contributed by atoms with Gasteiger partial charge in [-0.05, 0) is 30.5 Å². The molecule has 24 heavy (non-hydrogen) atoms. The summed E-state index contributed by atoms with van der Waals surface area (Å²) in [6, 6.07) is 19.9. The topological polar surface area (TPSA) is 33.1 Å². The molecule has 0 radical (unpaired) electrons. The molecule has 0 amide bonds. The summed E-state index contributed by atoms with van der Waals surface area (Å²) in [5.41, 5.74) is 2.60.